The van der Waals surface area contributed by atoms with Crippen LogP contribution in [0.15, 0.2) is 35.4 Å². The van der Waals surface area contributed by atoms with Crippen LogP contribution < -0.4 is 26.8 Å². The molecule has 13 nitrogen and oxygen atoms in total. The second-order valence-electron chi connectivity index (χ2n) is 9.83. The van der Waals surface area contributed by atoms with Crippen LogP contribution in [0.5, 0.6) is 5.75 Å². The standard InChI is InChI=1S/C27H28Cl2N8O5/c1-13-12-42-5-4-37(13)20-8-19(18(29)9-32-20)33-21(38)11-36-10-16(14-6-15(24(30)40)23(39)17(28)7-14)22-25(36)34-27(31-2)35(3)26(22)41/h6-10,13,39H,4-5,11-12H2,1-3H3,(H2,30,40)(H,31,34)(H,32,33,38). The van der Waals surface area contributed by atoms with Crippen molar-refractivity contribution in [2.75, 3.05) is 42.3 Å². The van der Waals surface area contributed by atoms with Crippen LogP contribution in [0, 0.1) is 0 Å². The van der Waals surface area contributed by atoms with Gasteiger partial charge in [0.05, 0.1) is 52.1 Å². The number of carbonyl (C=O) groups is 2. The predicted molar refractivity (Wildman–Crippen MR) is 161 cm³/mol. The number of primary amides is 1. The molecule has 0 aliphatic carbocycles. The maximum Gasteiger partial charge on any atom is 0.264 e. The monoisotopic (exact) mass is 614 g/mol. The Morgan fingerprint density at radius 1 is 1.24 bits per heavy atom. The van der Waals surface area contributed by atoms with Crippen LogP contribution in [0.2, 0.25) is 10.0 Å². The molecule has 15 heteroatoms. The van der Waals surface area contributed by atoms with Crippen molar-refractivity contribution in [1.82, 2.24) is 19.1 Å². The summed E-state index contributed by atoms with van der Waals surface area (Å²) >= 11 is 12.6. The van der Waals surface area contributed by atoms with Gasteiger partial charge in [0.25, 0.3) is 11.5 Å². The lowest BCUT2D eigenvalue weighted by Gasteiger charge is -2.34. The Morgan fingerprint density at radius 3 is 2.69 bits per heavy atom. The third-order valence-electron chi connectivity index (χ3n) is 7.05. The summed E-state index contributed by atoms with van der Waals surface area (Å²) in [5.41, 5.74) is 6.05. The van der Waals surface area contributed by atoms with Gasteiger partial charge in [-0.1, -0.05) is 23.2 Å². The molecule has 1 unspecified atom stereocenters. The number of hydrogen-bond acceptors (Lipinski definition) is 9. The van der Waals surface area contributed by atoms with Crippen LogP contribution in [-0.2, 0) is 23.1 Å². The smallest absolute Gasteiger partial charge is 0.264 e. The molecule has 1 fully saturated rings. The van der Waals surface area contributed by atoms with Crippen LogP contribution in [-0.4, -0.2) is 68.9 Å². The van der Waals surface area contributed by atoms with Crippen molar-refractivity contribution in [2.24, 2.45) is 12.8 Å². The van der Waals surface area contributed by atoms with Gasteiger partial charge in [-0.3, -0.25) is 19.0 Å². The zero-order valence-electron chi connectivity index (χ0n) is 22.9. The first-order chi connectivity index (χ1) is 20.0. The molecule has 1 aliphatic heterocycles. The Labute approximate surface area is 249 Å². The Bertz CT molecular complexity index is 1790. The lowest BCUT2D eigenvalue weighted by Crippen LogP contribution is -2.44. The fourth-order valence-corrected chi connectivity index (χ4v) is 5.28. The number of rotatable bonds is 7. The first-order valence-corrected chi connectivity index (χ1v) is 13.7. The molecule has 2 amide bonds. The van der Waals surface area contributed by atoms with Gasteiger partial charge in [0, 0.05) is 38.5 Å². The molecule has 4 aromatic rings. The van der Waals surface area contributed by atoms with Gasteiger partial charge >= 0.3 is 0 Å². The summed E-state index contributed by atoms with van der Waals surface area (Å²) in [7, 11) is 3.16. The largest absolute Gasteiger partial charge is 0.506 e. The zero-order chi connectivity index (χ0) is 30.3. The summed E-state index contributed by atoms with van der Waals surface area (Å²) < 4.78 is 8.33. The van der Waals surface area contributed by atoms with Crippen LogP contribution in [0.25, 0.3) is 22.2 Å². The number of amides is 2. The number of carbonyl (C=O) groups excluding carboxylic acids is 2. The van der Waals surface area contributed by atoms with Crippen molar-refractivity contribution >= 4 is 63.5 Å². The lowest BCUT2D eigenvalue weighted by atomic mass is 10.0. The number of halogens is 2. The minimum absolute atomic E-state index is 0.0965. The molecule has 4 heterocycles. The molecule has 1 atom stereocenters. The van der Waals surface area contributed by atoms with Gasteiger partial charge in [0.15, 0.2) is 5.65 Å². The molecule has 1 aromatic carbocycles. The summed E-state index contributed by atoms with van der Waals surface area (Å²) in [5, 5.41) is 16.2. The van der Waals surface area contributed by atoms with E-state index in [1.165, 1.54) is 27.5 Å². The number of pyridine rings is 1. The molecular formula is C27H28Cl2N8O5. The van der Waals surface area contributed by atoms with E-state index >= 15 is 0 Å². The Balaban J connectivity index is 1.55. The third-order valence-corrected chi connectivity index (χ3v) is 7.64. The second-order valence-corrected chi connectivity index (χ2v) is 10.6. The van der Waals surface area contributed by atoms with Crippen molar-refractivity contribution < 1.29 is 19.4 Å². The Morgan fingerprint density at radius 2 is 2.00 bits per heavy atom. The number of hydrogen-bond donors (Lipinski definition) is 4. The molecule has 1 aliphatic rings. The average Bonchev–Trinajstić information content (AvgIpc) is 3.31. The van der Waals surface area contributed by atoms with E-state index in [-0.39, 0.29) is 45.2 Å². The summed E-state index contributed by atoms with van der Waals surface area (Å²) in [4.78, 5) is 49.8. The molecule has 3 aromatic heterocycles. The number of phenols is 1. The lowest BCUT2D eigenvalue weighted by molar-refractivity contribution is -0.116. The van der Waals surface area contributed by atoms with E-state index in [2.05, 4.69) is 25.5 Å². The van der Waals surface area contributed by atoms with Gasteiger partial charge in [-0.15, -0.1) is 0 Å². The molecule has 220 valence electrons. The summed E-state index contributed by atoms with van der Waals surface area (Å²) in [6.07, 6.45) is 3.04. The van der Waals surface area contributed by atoms with Crippen molar-refractivity contribution in [3.05, 3.63) is 56.6 Å². The van der Waals surface area contributed by atoms with E-state index in [0.717, 1.165) is 0 Å². The predicted octanol–water partition coefficient (Wildman–Crippen LogP) is 2.81. The first-order valence-electron chi connectivity index (χ1n) is 12.9. The SMILES string of the molecule is CNc1nc2c(c(-c3cc(Cl)c(O)c(C(N)=O)c3)cn2CC(=O)Nc2cc(N3CCOCC3C)ncc2Cl)c(=O)n1C. The number of nitrogens with two attached hydrogens (primary N) is 1. The number of nitrogens with zero attached hydrogens (tertiary/aromatic N) is 5. The van der Waals surface area contributed by atoms with Crippen molar-refractivity contribution in [3.63, 3.8) is 0 Å². The van der Waals surface area contributed by atoms with Crippen molar-refractivity contribution in [2.45, 2.75) is 19.5 Å². The normalized spacial score (nSPS) is 15.2. The van der Waals surface area contributed by atoms with Crippen LogP contribution in [0.4, 0.5) is 17.5 Å². The number of morpholine rings is 1. The summed E-state index contributed by atoms with van der Waals surface area (Å²) in [6.45, 7) is 3.55. The van der Waals surface area contributed by atoms with E-state index in [1.54, 1.807) is 26.4 Å². The Kier molecular flexibility index (Phi) is 7.99. The van der Waals surface area contributed by atoms with Crippen LogP contribution in [0.3, 0.4) is 0 Å². The summed E-state index contributed by atoms with van der Waals surface area (Å²) in [5.74, 6) is -0.899. The highest BCUT2D eigenvalue weighted by Gasteiger charge is 2.24. The fraction of sp³-hybridized carbons (Fsp3) is 0.296. The number of benzene rings is 1. The molecule has 0 spiro atoms. The second kappa shape index (κ2) is 11.5. The molecule has 0 saturated carbocycles. The topological polar surface area (TPSA) is 170 Å². The quantitative estimate of drug-likeness (QED) is 0.244. The van der Waals surface area contributed by atoms with Gasteiger partial charge in [0.1, 0.15) is 18.1 Å². The van der Waals surface area contributed by atoms with Gasteiger partial charge in [-0.05, 0) is 24.6 Å². The number of aromatic nitrogens is 4. The summed E-state index contributed by atoms with van der Waals surface area (Å²) in [6, 6.07) is 4.54. The average molecular weight is 615 g/mol. The molecule has 0 radical (unpaired) electrons. The number of nitrogens with one attached hydrogen (secondary N) is 2. The van der Waals surface area contributed by atoms with Crippen molar-refractivity contribution in [3.8, 4) is 16.9 Å². The molecular weight excluding hydrogens is 587 g/mol. The minimum Gasteiger partial charge on any atom is -0.506 e. The van der Waals surface area contributed by atoms with E-state index in [4.69, 9.17) is 33.7 Å². The highest BCUT2D eigenvalue weighted by atomic mass is 35.5. The number of aromatic hydroxyl groups is 1. The third kappa shape index (κ3) is 5.33. The molecule has 0 bridgehead atoms. The number of fused-ring (bicyclic) bond motifs is 1. The van der Waals surface area contributed by atoms with Gasteiger partial charge in [-0.25, -0.2) is 4.98 Å². The van der Waals surface area contributed by atoms with Crippen molar-refractivity contribution in [1.29, 1.82) is 0 Å². The molecule has 5 N–H and O–H groups in total. The van der Waals surface area contributed by atoms with E-state index < -0.39 is 23.1 Å². The van der Waals surface area contributed by atoms with Crippen LogP contribution >= 0.6 is 23.2 Å². The van der Waals surface area contributed by atoms with Gasteiger partial charge in [0.2, 0.25) is 11.9 Å². The van der Waals surface area contributed by atoms with E-state index in [1.807, 2.05) is 6.92 Å². The molecule has 42 heavy (non-hydrogen) atoms. The maximum absolute atomic E-state index is 13.5. The maximum atomic E-state index is 13.5. The van der Waals surface area contributed by atoms with Gasteiger partial charge in [-0.2, -0.15) is 4.98 Å². The minimum atomic E-state index is -0.900. The highest BCUT2D eigenvalue weighted by Crippen LogP contribution is 2.36. The highest BCUT2D eigenvalue weighted by molar-refractivity contribution is 6.34. The number of ether oxygens (including phenoxy) is 1. The first kappa shape index (κ1) is 29.2. The van der Waals surface area contributed by atoms with E-state index in [0.29, 0.717) is 42.4 Å². The zero-order valence-corrected chi connectivity index (χ0v) is 24.5. The Hall–Kier alpha value is -4.33. The number of anilines is 3. The van der Waals surface area contributed by atoms with E-state index in [9.17, 15) is 19.5 Å². The van der Waals surface area contributed by atoms with Gasteiger partial charge < -0.3 is 35.7 Å². The molecule has 1 saturated heterocycles. The van der Waals surface area contributed by atoms with Crippen LogP contribution in [0.1, 0.15) is 17.3 Å². The molecule has 5 rings (SSSR count). The fourth-order valence-electron chi connectivity index (χ4n) is 4.91.